The SMILES string of the molecule is O=C(c1ccc2c(c1)CCO2)N(CCO)CC1CCCN1. The third-order valence-electron chi connectivity index (χ3n) is 4.20. The lowest BCUT2D eigenvalue weighted by molar-refractivity contribution is 0.0706. The standard InChI is InChI=1S/C16H22N2O3/c19-8-7-18(11-14-2-1-6-17-14)16(20)13-3-4-15-12(10-13)5-9-21-15/h3-4,10,14,17,19H,1-2,5-9,11H2. The number of amides is 1. The van der Waals surface area contributed by atoms with Crippen LogP contribution in [0.4, 0.5) is 0 Å². The van der Waals surface area contributed by atoms with E-state index >= 15 is 0 Å². The number of fused-ring (bicyclic) bond motifs is 1. The van der Waals surface area contributed by atoms with E-state index in [1.54, 1.807) is 4.90 Å². The quantitative estimate of drug-likeness (QED) is 0.842. The number of aliphatic hydroxyl groups is 1. The molecule has 5 heteroatoms. The molecule has 1 unspecified atom stereocenters. The summed E-state index contributed by atoms with van der Waals surface area (Å²) in [5.41, 5.74) is 1.79. The van der Waals surface area contributed by atoms with Crippen LogP contribution in [0.2, 0.25) is 0 Å². The Balaban J connectivity index is 1.73. The Morgan fingerprint density at radius 2 is 2.38 bits per heavy atom. The van der Waals surface area contributed by atoms with Gasteiger partial charge in [0, 0.05) is 31.1 Å². The maximum Gasteiger partial charge on any atom is 0.253 e. The largest absolute Gasteiger partial charge is 0.493 e. The molecule has 0 aromatic heterocycles. The maximum atomic E-state index is 12.7. The number of carbonyl (C=O) groups is 1. The van der Waals surface area contributed by atoms with E-state index in [1.165, 1.54) is 0 Å². The highest BCUT2D eigenvalue weighted by Crippen LogP contribution is 2.26. The molecule has 21 heavy (non-hydrogen) atoms. The van der Waals surface area contributed by atoms with Crippen molar-refractivity contribution in [1.82, 2.24) is 10.2 Å². The Morgan fingerprint density at radius 3 is 3.14 bits per heavy atom. The number of carbonyl (C=O) groups excluding carboxylic acids is 1. The van der Waals surface area contributed by atoms with Crippen molar-refractivity contribution in [2.75, 3.05) is 32.8 Å². The van der Waals surface area contributed by atoms with E-state index < -0.39 is 0 Å². The van der Waals surface area contributed by atoms with Crippen molar-refractivity contribution in [1.29, 1.82) is 0 Å². The second-order valence-electron chi connectivity index (χ2n) is 5.69. The zero-order valence-corrected chi connectivity index (χ0v) is 12.2. The van der Waals surface area contributed by atoms with Crippen LogP contribution in [-0.4, -0.2) is 54.8 Å². The van der Waals surface area contributed by atoms with Crippen molar-refractivity contribution >= 4 is 5.91 Å². The summed E-state index contributed by atoms with van der Waals surface area (Å²) in [4.78, 5) is 14.4. The summed E-state index contributed by atoms with van der Waals surface area (Å²) in [5, 5.41) is 12.6. The summed E-state index contributed by atoms with van der Waals surface area (Å²) >= 11 is 0. The molecule has 1 aromatic rings. The fraction of sp³-hybridized carbons (Fsp3) is 0.562. The average molecular weight is 290 g/mol. The molecule has 1 amide bonds. The lowest BCUT2D eigenvalue weighted by Gasteiger charge is -2.25. The number of hydrogen-bond acceptors (Lipinski definition) is 4. The van der Waals surface area contributed by atoms with Crippen molar-refractivity contribution in [3.63, 3.8) is 0 Å². The van der Waals surface area contributed by atoms with Gasteiger partial charge in [-0.2, -0.15) is 0 Å². The van der Waals surface area contributed by atoms with Gasteiger partial charge in [0.15, 0.2) is 0 Å². The van der Waals surface area contributed by atoms with E-state index in [1.807, 2.05) is 18.2 Å². The van der Waals surface area contributed by atoms with Gasteiger partial charge in [-0.15, -0.1) is 0 Å². The Hall–Kier alpha value is -1.59. The highest BCUT2D eigenvalue weighted by Gasteiger charge is 2.23. The first-order chi connectivity index (χ1) is 10.3. The number of ether oxygens (including phenoxy) is 1. The number of benzene rings is 1. The first kappa shape index (κ1) is 14.4. The minimum atomic E-state index is -0.00743. The van der Waals surface area contributed by atoms with Crippen LogP contribution in [0, 0.1) is 0 Å². The van der Waals surface area contributed by atoms with Crippen LogP contribution in [0.15, 0.2) is 18.2 Å². The molecule has 0 aliphatic carbocycles. The third-order valence-corrected chi connectivity index (χ3v) is 4.20. The number of hydrogen-bond donors (Lipinski definition) is 2. The number of rotatable bonds is 5. The molecular formula is C16H22N2O3. The van der Waals surface area contributed by atoms with Crippen molar-refractivity contribution < 1.29 is 14.6 Å². The van der Waals surface area contributed by atoms with Crippen LogP contribution >= 0.6 is 0 Å². The van der Waals surface area contributed by atoms with Gasteiger partial charge in [0.1, 0.15) is 5.75 Å². The summed E-state index contributed by atoms with van der Waals surface area (Å²) in [6, 6.07) is 5.97. The van der Waals surface area contributed by atoms with Crippen LogP contribution in [0.1, 0.15) is 28.8 Å². The van der Waals surface area contributed by atoms with Crippen LogP contribution in [0.3, 0.4) is 0 Å². The number of nitrogens with one attached hydrogen (secondary N) is 1. The van der Waals surface area contributed by atoms with E-state index in [0.29, 0.717) is 31.3 Å². The summed E-state index contributed by atoms with van der Waals surface area (Å²) in [6.07, 6.45) is 3.11. The molecule has 0 bridgehead atoms. The molecule has 0 radical (unpaired) electrons. The van der Waals surface area contributed by atoms with Crippen molar-refractivity contribution in [2.24, 2.45) is 0 Å². The topological polar surface area (TPSA) is 61.8 Å². The Morgan fingerprint density at radius 1 is 1.48 bits per heavy atom. The lowest BCUT2D eigenvalue weighted by Crippen LogP contribution is -2.42. The Labute approximate surface area is 124 Å². The van der Waals surface area contributed by atoms with Crippen LogP contribution < -0.4 is 10.1 Å². The molecule has 1 saturated heterocycles. The lowest BCUT2D eigenvalue weighted by atomic mass is 10.1. The second-order valence-corrected chi connectivity index (χ2v) is 5.69. The van der Waals surface area contributed by atoms with Crippen LogP contribution in [0.25, 0.3) is 0 Å². The monoisotopic (exact) mass is 290 g/mol. The smallest absolute Gasteiger partial charge is 0.253 e. The van der Waals surface area contributed by atoms with E-state index in [-0.39, 0.29) is 12.5 Å². The van der Waals surface area contributed by atoms with Crippen molar-refractivity contribution in [3.05, 3.63) is 29.3 Å². The van der Waals surface area contributed by atoms with Crippen molar-refractivity contribution in [3.8, 4) is 5.75 Å². The van der Waals surface area contributed by atoms with E-state index in [9.17, 15) is 9.90 Å². The predicted molar refractivity (Wildman–Crippen MR) is 79.7 cm³/mol. The molecule has 5 nitrogen and oxygen atoms in total. The van der Waals surface area contributed by atoms with Gasteiger partial charge < -0.3 is 20.1 Å². The van der Waals surface area contributed by atoms with Crippen LogP contribution in [0.5, 0.6) is 5.75 Å². The molecule has 2 N–H and O–H groups in total. The highest BCUT2D eigenvalue weighted by atomic mass is 16.5. The van der Waals surface area contributed by atoms with Gasteiger partial charge in [0.2, 0.25) is 0 Å². The zero-order chi connectivity index (χ0) is 14.7. The van der Waals surface area contributed by atoms with Gasteiger partial charge in [-0.25, -0.2) is 0 Å². The normalized spacial score (nSPS) is 20.1. The molecule has 114 valence electrons. The predicted octanol–water partition coefficient (Wildman–Crippen LogP) is 0.808. The molecule has 1 aromatic carbocycles. The fourth-order valence-corrected chi connectivity index (χ4v) is 3.08. The van der Waals surface area contributed by atoms with Gasteiger partial charge in [-0.3, -0.25) is 4.79 Å². The van der Waals surface area contributed by atoms with Gasteiger partial charge in [-0.05, 0) is 43.1 Å². The zero-order valence-electron chi connectivity index (χ0n) is 12.2. The Bertz CT molecular complexity index is 512. The molecular weight excluding hydrogens is 268 g/mol. The third kappa shape index (κ3) is 3.19. The van der Waals surface area contributed by atoms with Gasteiger partial charge in [0.25, 0.3) is 5.91 Å². The summed E-state index contributed by atoms with van der Waals surface area (Å²) in [7, 11) is 0. The minimum absolute atomic E-state index is 0.00699. The second kappa shape index (κ2) is 6.45. The van der Waals surface area contributed by atoms with Gasteiger partial charge in [0.05, 0.1) is 13.2 Å². The van der Waals surface area contributed by atoms with Gasteiger partial charge in [-0.1, -0.05) is 0 Å². The first-order valence-corrected chi connectivity index (χ1v) is 7.67. The molecule has 1 atom stereocenters. The van der Waals surface area contributed by atoms with Crippen LogP contribution in [-0.2, 0) is 6.42 Å². The maximum absolute atomic E-state index is 12.7. The summed E-state index contributed by atoms with van der Waals surface area (Å²) in [5.74, 6) is 0.880. The first-order valence-electron chi connectivity index (χ1n) is 7.67. The fourth-order valence-electron chi connectivity index (χ4n) is 3.08. The van der Waals surface area contributed by atoms with E-state index in [2.05, 4.69) is 5.32 Å². The van der Waals surface area contributed by atoms with Crippen molar-refractivity contribution in [2.45, 2.75) is 25.3 Å². The Kier molecular flexibility index (Phi) is 4.41. The molecule has 3 rings (SSSR count). The molecule has 0 spiro atoms. The molecule has 2 heterocycles. The summed E-state index contributed by atoms with van der Waals surface area (Å²) in [6.45, 7) is 2.74. The molecule has 0 saturated carbocycles. The van der Waals surface area contributed by atoms with Gasteiger partial charge >= 0.3 is 0 Å². The average Bonchev–Trinajstić information content (AvgIpc) is 3.16. The van der Waals surface area contributed by atoms with E-state index in [0.717, 1.165) is 37.1 Å². The summed E-state index contributed by atoms with van der Waals surface area (Å²) < 4.78 is 5.47. The highest BCUT2D eigenvalue weighted by molar-refractivity contribution is 5.94. The molecule has 1 fully saturated rings. The molecule has 2 aliphatic heterocycles. The van der Waals surface area contributed by atoms with E-state index in [4.69, 9.17) is 4.74 Å². The molecule has 2 aliphatic rings. The number of nitrogens with zero attached hydrogens (tertiary/aromatic N) is 1. The minimum Gasteiger partial charge on any atom is -0.493 e. The number of aliphatic hydroxyl groups excluding tert-OH is 1.